The van der Waals surface area contributed by atoms with Crippen LogP contribution in [0.25, 0.3) is 0 Å². The van der Waals surface area contributed by atoms with Crippen molar-refractivity contribution in [3.05, 3.63) is 52.8 Å². The number of anilines is 1. The van der Waals surface area contributed by atoms with Crippen LogP contribution < -0.4 is 5.32 Å². The van der Waals surface area contributed by atoms with E-state index in [1.165, 1.54) is 5.56 Å². The normalized spacial score (nSPS) is 17.1. The molecule has 1 fully saturated rings. The van der Waals surface area contributed by atoms with Gasteiger partial charge in [0.1, 0.15) is 0 Å². The molecule has 1 unspecified atom stereocenters. The first-order chi connectivity index (χ1) is 12.0. The van der Waals surface area contributed by atoms with Gasteiger partial charge in [0, 0.05) is 36.5 Å². The van der Waals surface area contributed by atoms with Gasteiger partial charge in [-0.2, -0.15) is 0 Å². The van der Waals surface area contributed by atoms with Gasteiger partial charge < -0.3 is 10.2 Å². The fraction of sp³-hybridized carbons (Fsp3) is 0.421. The largest absolute Gasteiger partial charge is 0.352 e. The molecule has 1 aliphatic rings. The molecule has 0 radical (unpaired) electrons. The average Bonchev–Trinajstić information content (AvgIpc) is 3.05. The predicted molar refractivity (Wildman–Crippen MR) is 100.0 cm³/mol. The number of carbonyl (C=O) groups is 1. The summed E-state index contributed by atoms with van der Waals surface area (Å²) < 4.78 is 0. The van der Waals surface area contributed by atoms with E-state index in [1.807, 2.05) is 30.9 Å². The molecule has 0 bridgehead atoms. The van der Waals surface area contributed by atoms with Gasteiger partial charge in [-0.25, -0.2) is 9.97 Å². The highest BCUT2D eigenvalue weighted by molar-refractivity contribution is 6.30. The van der Waals surface area contributed by atoms with Crippen LogP contribution in [0.5, 0.6) is 0 Å². The number of likely N-dealkylation sites (tertiary alicyclic amines) is 1. The van der Waals surface area contributed by atoms with Gasteiger partial charge >= 0.3 is 0 Å². The van der Waals surface area contributed by atoms with Crippen LogP contribution in [-0.2, 0) is 6.42 Å². The zero-order valence-electron chi connectivity index (χ0n) is 14.6. The maximum atomic E-state index is 12.6. The molecular formula is C19H23ClN4O. The molecule has 132 valence electrons. The number of nitrogens with zero attached hydrogens (tertiary/aromatic N) is 3. The third-order valence-corrected chi connectivity index (χ3v) is 4.58. The van der Waals surface area contributed by atoms with Crippen molar-refractivity contribution in [2.75, 3.05) is 18.4 Å². The Morgan fingerprint density at radius 2 is 1.96 bits per heavy atom. The number of carbonyl (C=O) groups excluding carboxylic acids is 1. The first-order valence-electron chi connectivity index (χ1n) is 8.63. The second-order valence-electron chi connectivity index (χ2n) is 6.83. The summed E-state index contributed by atoms with van der Waals surface area (Å²) in [7, 11) is 0. The van der Waals surface area contributed by atoms with Crippen molar-refractivity contribution in [1.82, 2.24) is 14.9 Å². The number of nitrogens with one attached hydrogen (secondary N) is 1. The highest BCUT2D eigenvalue weighted by Crippen LogP contribution is 2.23. The van der Waals surface area contributed by atoms with Crippen LogP contribution in [0.4, 0.5) is 5.95 Å². The predicted octanol–water partition coefficient (Wildman–Crippen LogP) is 3.66. The van der Waals surface area contributed by atoms with Crippen LogP contribution in [0.1, 0.15) is 36.2 Å². The van der Waals surface area contributed by atoms with Crippen molar-refractivity contribution < 1.29 is 4.79 Å². The number of halogens is 1. The van der Waals surface area contributed by atoms with Crippen molar-refractivity contribution in [3.8, 4) is 0 Å². The van der Waals surface area contributed by atoms with Crippen LogP contribution in [0.3, 0.4) is 0 Å². The van der Waals surface area contributed by atoms with Gasteiger partial charge in [0.25, 0.3) is 5.91 Å². The van der Waals surface area contributed by atoms with Crippen molar-refractivity contribution >= 4 is 23.5 Å². The van der Waals surface area contributed by atoms with Gasteiger partial charge in [-0.05, 0) is 50.3 Å². The van der Waals surface area contributed by atoms with E-state index in [-0.39, 0.29) is 11.9 Å². The fourth-order valence-electron chi connectivity index (χ4n) is 3.09. The van der Waals surface area contributed by atoms with Gasteiger partial charge in [-0.3, -0.25) is 4.79 Å². The average molecular weight is 359 g/mol. The lowest BCUT2D eigenvalue weighted by Gasteiger charge is -2.17. The first-order valence-corrected chi connectivity index (χ1v) is 9.01. The fourth-order valence-corrected chi connectivity index (χ4v) is 3.22. The maximum absolute atomic E-state index is 12.6. The summed E-state index contributed by atoms with van der Waals surface area (Å²) in [5.41, 5.74) is 1.80. The number of benzene rings is 1. The lowest BCUT2D eigenvalue weighted by molar-refractivity contribution is 0.0786. The SMILES string of the molecule is CC(C)Nc1ncc(C(=O)N2CCC(Cc3ccc(Cl)cc3)C2)cn1. The van der Waals surface area contributed by atoms with Crippen LogP contribution in [0.15, 0.2) is 36.7 Å². The quantitative estimate of drug-likeness (QED) is 0.886. The molecule has 3 rings (SSSR count). The molecule has 1 atom stereocenters. The third kappa shape index (κ3) is 4.69. The van der Waals surface area contributed by atoms with Gasteiger partial charge in [-0.1, -0.05) is 23.7 Å². The van der Waals surface area contributed by atoms with Gasteiger partial charge in [0.2, 0.25) is 5.95 Å². The first kappa shape index (κ1) is 17.7. The number of rotatable bonds is 5. The van der Waals surface area contributed by atoms with Crippen LogP contribution in [0, 0.1) is 5.92 Å². The molecule has 0 saturated carbocycles. The summed E-state index contributed by atoms with van der Waals surface area (Å²) in [6, 6.07) is 8.20. The summed E-state index contributed by atoms with van der Waals surface area (Å²) in [6.07, 6.45) is 5.19. The van der Waals surface area contributed by atoms with Crippen LogP contribution >= 0.6 is 11.6 Å². The monoisotopic (exact) mass is 358 g/mol. The van der Waals surface area contributed by atoms with E-state index >= 15 is 0 Å². The third-order valence-electron chi connectivity index (χ3n) is 4.33. The summed E-state index contributed by atoms with van der Waals surface area (Å²) in [6.45, 7) is 5.59. The van der Waals surface area contributed by atoms with E-state index in [9.17, 15) is 4.79 Å². The second kappa shape index (κ2) is 7.83. The minimum absolute atomic E-state index is 0.00898. The van der Waals surface area contributed by atoms with Crippen molar-refractivity contribution in [1.29, 1.82) is 0 Å². The Kier molecular flexibility index (Phi) is 5.53. The van der Waals surface area contributed by atoms with E-state index in [2.05, 4.69) is 27.4 Å². The Morgan fingerprint density at radius 1 is 1.28 bits per heavy atom. The van der Waals surface area contributed by atoms with E-state index in [0.29, 0.717) is 17.4 Å². The Morgan fingerprint density at radius 3 is 2.60 bits per heavy atom. The smallest absolute Gasteiger partial charge is 0.257 e. The lowest BCUT2D eigenvalue weighted by atomic mass is 9.99. The molecule has 1 aliphatic heterocycles. The topological polar surface area (TPSA) is 58.1 Å². The number of hydrogen-bond acceptors (Lipinski definition) is 4. The summed E-state index contributed by atoms with van der Waals surface area (Å²) in [5, 5.41) is 3.87. The van der Waals surface area contributed by atoms with E-state index < -0.39 is 0 Å². The highest BCUT2D eigenvalue weighted by atomic mass is 35.5. The van der Waals surface area contributed by atoms with E-state index in [0.717, 1.165) is 31.0 Å². The summed E-state index contributed by atoms with van der Waals surface area (Å²) in [4.78, 5) is 23.0. The zero-order valence-corrected chi connectivity index (χ0v) is 15.3. The van der Waals surface area contributed by atoms with Crippen LogP contribution in [-0.4, -0.2) is 39.9 Å². The molecule has 0 aliphatic carbocycles. The maximum Gasteiger partial charge on any atom is 0.257 e. The molecule has 25 heavy (non-hydrogen) atoms. The van der Waals surface area contributed by atoms with Crippen LogP contribution in [0.2, 0.25) is 5.02 Å². The van der Waals surface area contributed by atoms with E-state index in [4.69, 9.17) is 11.6 Å². The molecule has 1 aromatic heterocycles. The molecular weight excluding hydrogens is 336 g/mol. The number of aromatic nitrogens is 2. The van der Waals surface area contributed by atoms with Crippen molar-refractivity contribution in [2.24, 2.45) is 5.92 Å². The van der Waals surface area contributed by atoms with Gasteiger partial charge in [0.05, 0.1) is 5.56 Å². The zero-order chi connectivity index (χ0) is 17.8. The lowest BCUT2D eigenvalue weighted by Crippen LogP contribution is -2.29. The molecule has 5 nitrogen and oxygen atoms in total. The molecule has 2 heterocycles. The Bertz CT molecular complexity index is 715. The Hall–Kier alpha value is -2.14. The Balaban J connectivity index is 1.57. The molecule has 1 aromatic carbocycles. The molecule has 1 saturated heterocycles. The van der Waals surface area contributed by atoms with Gasteiger partial charge in [0.15, 0.2) is 0 Å². The molecule has 0 spiro atoms. The van der Waals surface area contributed by atoms with Gasteiger partial charge in [-0.15, -0.1) is 0 Å². The van der Waals surface area contributed by atoms with Crippen molar-refractivity contribution in [3.63, 3.8) is 0 Å². The summed E-state index contributed by atoms with van der Waals surface area (Å²) in [5.74, 6) is 1.04. The standard InChI is InChI=1S/C19H23ClN4O/c1-13(2)23-19-21-10-16(11-22-19)18(25)24-8-7-15(12-24)9-14-3-5-17(20)6-4-14/h3-6,10-11,13,15H,7-9,12H2,1-2H3,(H,21,22,23). The molecule has 1 amide bonds. The van der Waals surface area contributed by atoms with Crippen molar-refractivity contribution in [2.45, 2.75) is 32.7 Å². The highest BCUT2D eigenvalue weighted by Gasteiger charge is 2.27. The summed E-state index contributed by atoms with van der Waals surface area (Å²) >= 11 is 5.93. The van der Waals surface area contributed by atoms with E-state index in [1.54, 1.807) is 12.4 Å². The Labute approximate surface area is 153 Å². The molecule has 2 aromatic rings. The molecule has 1 N–H and O–H groups in total. The minimum atomic E-state index is 0.00898. The minimum Gasteiger partial charge on any atom is -0.352 e. The number of hydrogen-bond donors (Lipinski definition) is 1. The number of amides is 1. The second-order valence-corrected chi connectivity index (χ2v) is 7.27. The molecule has 6 heteroatoms.